The topological polar surface area (TPSA) is 18.5 Å². The van der Waals surface area contributed by atoms with Crippen molar-refractivity contribution < 1.29 is 13.9 Å². The highest BCUT2D eigenvalue weighted by molar-refractivity contribution is 5.33. The van der Waals surface area contributed by atoms with Gasteiger partial charge in [0.25, 0.3) is 0 Å². The van der Waals surface area contributed by atoms with E-state index in [1.807, 2.05) is 0 Å². The van der Waals surface area contributed by atoms with Crippen molar-refractivity contribution >= 4 is 0 Å². The summed E-state index contributed by atoms with van der Waals surface area (Å²) in [6.07, 6.45) is 0. The molecule has 0 unspecified atom stereocenters. The fourth-order valence-corrected chi connectivity index (χ4v) is 1.06. The minimum absolute atomic E-state index is 0.252. The zero-order valence-corrected chi connectivity index (χ0v) is 5.84. The Labute approximate surface area is 63.5 Å². The molecule has 2 nitrogen and oxygen atoms in total. The van der Waals surface area contributed by atoms with E-state index >= 15 is 0 Å². The summed E-state index contributed by atoms with van der Waals surface area (Å²) < 4.78 is 22.6. The van der Waals surface area contributed by atoms with Crippen molar-refractivity contribution in [3.05, 3.63) is 29.6 Å². The Morgan fingerprint density at radius 3 is 3.18 bits per heavy atom. The Morgan fingerprint density at radius 1 is 1.36 bits per heavy atom. The second kappa shape index (κ2) is 2.51. The first kappa shape index (κ1) is 6.61. The molecule has 0 bridgehead atoms. The summed E-state index contributed by atoms with van der Waals surface area (Å²) in [5, 5.41) is 0. The molecule has 0 aliphatic carbocycles. The summed E-state index contributed by atoms with van der Waals surface area (Å²) in [6, 6.07) is 4.42. The summed E-state index contributed by atoms with van der Waals surface area (Å²) in [5.41, 5.74) is 0.774. The zero-order valence-electron chi connectivity index (χ0n) is 5.84. The molecule has 0 spiro atoms. The van der Waals surface area contributed by atoms with Gasteiger partial charge >= 0.3 is 0 Å². The lowest BCUT2D eigenvalue weighted by Crippen LogP contribution is -2.11. The van der Waals surface area contributed by atoms with Crippen molar-refractivity contribution in [2.75, 3.05) is 6.79 Å². The quantitative estimate of drug-likeness (QED) is 0.566. The van der Waals surface area contributed by atoms with Crippen LogP contribution in [0.3, 0.4) is 0 Å². The van der Waals surface area contributed by atoms with Crippen LogP contribution in [0.2, 0.25) is 0 Å². The summed E-state index contributed by atoms with van der Waals surface area (Å²) in [4.78, 5) is 0. The van der Waals surface area contributed by atoms with Crippen LogP contribution in [0.5, 0.6) is 5.75 Å². The Bertz CT molecular complexity index is 273. The maximum absolute atomic E-state index is 12.6. The van der Waals surface area contributed by atoms with Gasteiger partial charge in [0.15, 0.2) is 6.79 Å². The van der Waals surface area contributed by atoms with Crippen LogP contribution in [0, 0.1) is 5.82 Å². The monoisotopic (exact) mass is 154 g/mol. The van der Waals surface area contributed by atoms with Crippen LogP contribution in [0.1, 0.15) is 5.56 Å². The molecular weight excluding hydrogens is 147 g/mol. The van der Waals surface area contributed by atoms with Crippen LogP contribution in [-0.4, -0.2) is 6.79 Å². The lowest BCUT2D eigenvalue weighted by molar-refractivity contribution is -0.0165. The van der Waals surface area contributed by atoms with E-state index in [1.165, 1.54) is 12.1 Å². The number of fused-ring (bicyclic) bond motifs is 1. The molecule has 2 rings (SSSR count). The normalized spacial score (nSPS) is 15.4. The number of benzene rings is 1. The number of ether oxygens (including phenoxy) is 2. The van der Waals surface area contributed by atoms with Crippen molar-refractivity contribution in [3.63, 3.8) is 0 Å². The van der Waals surface area contributed by atoms with Gasteiger partial charge in [-0.2, -0.15) is 0 Å². The lowest BCUT2D eigenvalue weighted by Gasteiger charge is -2.16. The van der Waals surface area contributed by atoms with Gasteiger partial charge in [-0.05, 0) is 18.2 Å². The number of halogens is 1. The minimum atomic E-state index is -0.252. The summed E-state index contributed by atoms with van der Waals surface area (Å²) in [5.74, 6) is 0.468. The highest BCUT2D eigenvalue weighted by atomic mass is 19.1. The van der Waals surface area contributed by atoms with Gasteiger partial charge in [0.05, 0.1) is 6.61 Å². The average Bonchev–Trinajstić information content (AvgIpc) is 2.04. The van der Waals surface area contributed by atoms with E-state index in [9.17, 15) is 4.39 Å². The third-order valence-electron chi connectivity index (χ3n) is 1.58. The van der Waals surface area contributed by atoms with Gasteiger partial charge in [0.2, 0.25) is 0 Å². The van der Waals surface area contributed by atoms with E-state index in [-0.39, 0.29) is 12.6 Å². The first-order valence-corrected chi connectivity index (χ1v) is 3.35. The molecule has 1 aliphatic heterocycles. The molecule has 0 radical (unpaired) electrons. The molecule has 0 amide bonds. The third kappa shape index (κ3) is 1.19. The van der Waals surface area contributed by atoms with Gasteiger partial charge in [0, 0.05) is 5.56 Å². The molecule has 0 atom stereocenters. The minimum Gasteiger partial charge on any atom is -0.467 e. The van der Waals surface area contributed by atoms with Crippen LogP contribution in [0.15, 0.2) is 18.2 Å². The molecular formula is C8H7FO2. The highest BCUT2D eigenvalue weighted by Crippen LogP contribution is 2.23. The van der Waals surface area contributed by atoms with Gasteiger partial charge in [0.1, 0.15) is 11.6 Å². The number of hydrogen-bond acceptors (Lipinski definition) is 2. The Morgan fingerprint density at radius 2 is 2.27 bits per heavy atom. The molecule has 0 N–H and O–H groups in total. The maximum Gasteiger partial charge on any atom is 0.189 e. The molecule has 0 saturated heterocycles. The van der Waals surface area contributed by atoms with Crippen molar-refractivity contribution in [2.24, 2.45) is 0 Å². The maximum atomic E-state index is 12.6. The van der Waals surface area contributed by atoms with Gasteiger partial charge in [-0.1, -0.05) is 0 Å². The molecule has 0 fully saturated rings. The highest BCUT2D eigenvalue weighted by Gasteiger charge is 2.09. The van der Waals surface area contributed by atoms with Crippen LogP contribution in [-0.2, 0) is 11.3 Å². The average molecular weight is 154 g/mol. The van der Waals surface area contributed by atoms with E-state index in [4.69, 9.17) is 9.47 Å². The lowest BCUT2D eigenvalue weighted by atomic mass is 10.2. The van der Waals surface area contributed by atoms with E-state index in [2.05, 4.69) is 0 Å². The number of hydrogen-bond donors (Lipinski definition) is 0. The second-order valence-corrected chi connectivity index (χ2v) is 2.36. The summed E-state index contributed by atoms with van der Waals surface area (Å²) in [7, 11) is 0. The fraction of sp³-hybridized carbons (Fsp3) is 0.250. The molecule has 1 aromatic rings. The molecule has 58 valence electrons. The molecule has 1 aromatic carbocycles. The molecule has 3 heteroatoms. The van der Waals surface area contributed by atoms with E-state index in [0.717, 1.165) is 11.3 Å². The zero-order chi connectivity index (χ0) is 7.68. The second-order valence-electron chi connectivity index (χ2n) is 2.36. The molecule has 1 heterocycles. The van der Waals surface area contributed by atoms with Crippen molar-refractivity contribution in [3.8, 4) is 5.75 Å². The van der Waals surface area contributed by atoms with Gasteiger partial charge in [-0.3, -0.25) is 0 Å². The van der Waals surface area contributed by atoms with Crippen LogP contribution in [0.25, 0.3) is 0 Å². The van der Waals surface area contributed by atoms with Gasteiger partial charge < -0.3 is 9.47 Å². The van der Waals surface area contributed by atoms with Crippen LogP contribution in [0.4, 0.5) is 4.39 Å². The Balaban J connectivity index is 2.43. The standard InChI is InChI=1S/C8H7FO2/c9-7-1-2-8-6(3-7)4-10-5-11-8/h1-3H,4-5H2. The SMILES string of the molecule is Fc1ccc2c(c1)COCO2. The third-order valence-corrected chi connectivity index (χ3v) is 1.58. The largest absolute Gasteiger partial charge is 0.467 e. The smallest absolute Gasteiger partial charge is 0.189 e. The van der Waals surface area contributed by atoms with E-state index in [0.29, 0.717) is 6.61 Å². The van der Waals surface area contributed by atoms with Crippen LogP contribution >= 0.6 is 0 Å². The fourth-order valence-electron chi connectivity index (χ4n) is 1.06. The van der Waals surface area contributed by atoms with Gasteiger partial charge in [-0.15, -0.1) is 0 Å². The molecule has 0 saturated carbocycles. The Kier molecular flexibility index (Phi) is 1.51. The van der Waals surface area contributed by atoms with E-state index < -0.39 is 0 Å². The van der Waals surface area contributed by atoms with Gasteiger partial charge in [-0.25, -0.2) is 4.39 Å². The molecule has 1 aliphatic rings. The molecule has 11 heavy (non-hydrogen) atoms. The van der Waals surface area contributed by atoms with Crippen LogP contribution < -0.4 is 4.74 Å². The first-order chi connectivity index (χ1) is 5.36. The molecule has 0 aromatic heterocycles. The summed E-state index contributed by atoms with van der Waals surface area (Å²) >= 11 is 0. The van der Waals surface area contributed by atoms with Crippen molar-refractivity contribution in [1.82, 2.24) is 0 Å². The predicted molar refractivity (Wildman–Crippen MR) is 36.7 cm³/mol. The first-order valence-electron chi connectivity index (χ1n) is 3.35. The Hall–Kier alpha value is -1.09. The predicted octanol–water partition coefficient (Wildman–Crippen LogP) is 1.69. The van der Waals surface area contributed by atoms with E-state index in [1.54, 1.807) is 6.07 Å². The summed E-state index contributed by atoms with van der Waals surface area (Å²) in [6.45, 7) is 0.700. The number of rotatable bonds is 0. The van der Waals surface area contributed by atoms with Crippen molar-refractivity contribution in [1.29, 1.82) is 0 Å². The van der Waals surface area contributed by atoms with Crippen molar-refractivity contribution in [2.45, 2.75) is 6.61 Å².